The number of alkyl halides is 6. The summed E-state index contributed by atoms with van der Waals surface area (Å²) in [6, 6.07) is 3.64. The Morgan fingerprint density at radius 3 is 2.44 bits per heavy atom. The molecule has 1 aliphatic rings. The molecule has 0 aliphatic carbocycles. The van der Waals surface area contributed by atoms with Gasteiger partial charge in [0.05, 0.1) is 10.6 Å². The zero-order valence-corrected chi connectivity index (χ0v) is 12.8. The van der Waals surface area contributed by atoms with Crippen LogP contribution in [0, 0.1) is 0 Å². The molecule has 134 valence electrons. The number of anilines is 1. The van der Waals surface area contributed by atoms with Gasteiger partial charge in [0, 0.05) is 12.6 Å². The first-order valence-electron chi connectivity index (χ1n) is 6.64. The van der Waals surface area contributed by atoms with Crippen LogP contribution in [0.15, 0.2) is 28.7 Å². The zero-order valence-electron chi connectivity index (χ0n) is 12.0. The number of hydrogen-bond acceptors (Lipinski definition) is 6. The van der Waals surface area contributed by atoms with Crippen molar-refractivity contribution in [3.63, 3.8) is 0 Å². The van der Waals surface area contributed by atoms with Crippen LogP contribution in [0.2, 0.25) is 0 Å². The molecule has 3 rings (SSSR count). The minimum atomic E-state index is -5.18. The van der Waals surface area contributed by atoms with Crippen molar-refractivity contribution in [2.45, 2.75) is 24.5 Å². The lowest BCUT2D eigenvalue weighted by Crippen LogP contribution is -2.55. The van der Waals surface area contributed by atoms with Crippen molar-refractivity contribution >= 4 is 23.5 Å². The Kier molecular flexibility index (Phi) is 3.99. The van der Waals surface area contributed by atoms with E-state index in [4.69, 9.17) is 0 Å². The quantitative estimate of drug-likeness (QED) is 0.806. The van der Waals surface area contributed by atoms with E-state index < -0.39 is 36.1 Å². The lowest BCUT2D eigenvalue weighted by molar-refractivity contribution is -0.254. The van der Waals surface area contributed by atoms with E-state index in [1.54, 1.807) is 11.4 Å². The minimum absolute atomic E-state index is 0.0423. The maximum Gasteiger partial charge on any atom is 0.438 e. The minimum Gasteiger partial charge on any atom is -0.362 e. The van der Waals surface area contributed by atoms with Crippen LogP contribution in [0.25, 0.3) is 10.6 Å². The molecular formula is C13H8F6N4OS. The summed E-state index contributed by atoms with van der Waals surface area (Å²) in [5.41, 5.74) is -5.17. The molecule has 0 aromatic carbocycles. The maximum absolute atomic E-state index is 13.1. The Bertz CT molecular complexity index is 804. The van der Waals surface area contributed by atoms with Crippen molar-refractivity contribution in [2.24, 2.45) is 5.10 Å². The van der Waals surface area contributed by atoms with Crippen molar-refractivity contribution in [1.82, 2.24) is 9.97 Å². The van der Waals surface area contributed by atoms with Gasteiger partial charge in [-0.3, -0.25) is 0 Å². The monoisotopic (exact) mass is 382 g/mol. The molecule has 0 saturated heterocycles. The van der Waals surface area contributed by atoms with Crippen LogP contribution in [0.3, 0.4) is 0 Å². The summed E-state index contributed by atoms with van der Waals surface area (Å²) in [5.74, 6) is -0.994. The molecule has 2 aromatic rings. The summed E-state index contributed by atoms with van der Waals surface area (Å²) in [6.45, 7) is 0. The van der Waals surface area contributed by atoms with E-state index in [1.165, 1.54) is 6.07 Å². The van der Waals surface area contributed by atoms with Crippen molar-refractivity contribution < 1.29 is 31.4 Å². The molecule has 5 nitrogen and oxygen atoms in total. The smallest absolute Gasteiger partial charge is 0.362 e. The number of aromatic nitrogens is 2. The standard InChI is InChI=1S/C13H8F6N4OS/c14-12(15,16)9-6-7(8-2-1-5-25-8)21-10(22-9)23-11(24,3-4-20-23)13(17,18)19/h1-2,4-6,24H,3H2/t11-/m0/s1. The van der Waals surface area contributed by atoms with Gasteiger partial charge in [0.1, 0.15) is 0 Å². The molecule has 1 aliphatic heterocycles. The molecular weight excluding hydrogens is 374 g/mol. The maximum atomic E-state index is 13.1. The van der Waals surface area contributed by atoms with Gasteiger partial charge in [-0.1, -0.05) is 6.07 Å². The van der Waals surface area contributed by atoms with E-state index >= 15 is 0 Å². The Balaban J connectivity index is 2.16. The number of aliphatic hydroxyl groups is 1. The summed E-state index contributed by atoms with van der Waals surface area (Å²) >= 11 is 1.05. The van der Waals surface area contributed by atoms with Crippen molar-refractivity contribution in [1.29, 1.82) is 0 Å². The van der Waals surface area contributed by atoms with E-state index in [9.17, 15) is 31.4 Å². The predicted octanol–water partition coefficient (Wildman–Crippen LogP) is 3.67. The molecule has 12 heteroatoms. The third-order valence-corrected chi connectivity index (χ3v) is 4.24. The van der Waals surface area contributed by atoms with Gasteiger partial charge >= 0.3 is 12.4 Å². The van der Waals surface area contributed by atoms with Gasteiger partial charge in [0.25, 0.3) is 5.72 Å². The fourth-order valence-corrected chi connectivity index (χ4v) is 2.80. The second-order valence-corrected chi connectivity index (χ2v) is 5.99. The molecule has 1 N–H and O–H groups in total. The lowest BCUT2D eigenvalue weighted by Gasteiger charge is -2.32. The molecule has 2 aromatic heterocycles. The van der Waals surface area contributed by atoms with Crippen molar-refractivity contribution in [3.8, 4) is 10.6 Å². The van der Waals surface area contributed by atoms with Crippen LogP contribution in [-0.4, -0.2) is 33.2 Å². The van der Waals surface area contributed by atoms with Gasteiger partial charge in [-0.25, -0.2) is 9.97 Å². The highest BCUT2D eigenvalue weighted by atomic mass is 32.1. The molecule has 0 fully saturated rings. The molecule has 0 radical (unpaired) electrons. The molecule has 0 amide bonds. The fraction of sp³-hybridized carbons (Fsp3) is 0.308. The normalized spacial score (nSPS) is 21.2. The van der Waals surface area contributed by atoms with Crippen LogP contribution in [0.1, 0.15) is 12.1 Å². The predicted molar refractivity (Wildman–Crippen MR) is 76.9 cm³/mol. The summed E-state index contributed by atoms with van der Waals surface area (Å²) in [5, 5.41) is 14.7. The molecule has 3 heterocycles. The van der Waals surface area contributed by atoms with Crippen molar-refractivity contribution in [3.05, 3.63) is 29.3 Å². The van der Waals surface area contributed by atoms with Crippen LogP contribution in [0.5, 0.6) is 0 Å². The van der Waals surface area contributed by atoms with E-state index in [0.717, 1.165) is 17.6 Å². The number of rotatable bonds is 2. The topological polar surface area (TPSA) is 61.6 Å². The van der Waals surface area contributed by atoms with E-state index in [1.807, 2.05) is 0 Å². The average Bonchev–Trinajstić information content (AvgIpc) is 3.15. The molecule has 0 saturated carbocycles. The van der Waals surface area contributed by atoms with E-state index in [-0.39, 0.29) is 10.7 Å². The largest absolute Gasteiger partial charge is 0.438 e. The summed E-state index contributed by atoms with van der Waals surface area (Å²) in [7, 11) is 0. The molecule has 0 unspecified atom stereocenters. The van der Waals surface area contributed by atoms with E-state index in [2.05, 4.69) is 15.1 Å². The van der Waals surface area contributed by atoms with Crippen LogP contribution >= 0.6 is 11.3 Å². The first-order valence-corrected chi connectivity index (χ1v) is 7.52. The highest BCUT2D eigenvalue weighted by molar-refractivity contribution is 7.13. The first-order chi connectivity index (χ1) is 11.5. The van der Waals surface area contributed by atoms with Gasteiger partial charge in [-0.05, 0) is 17.5 Å². The van der Waals surface area contributed by atoms with Crippen LogP contribution in [0.4, 0.5) is 32.3 Å². The van der Waals surface area contributed by atoms with Gasteiger partial charge < -0.3 is 5.11 Å². The number of halogens is 6. The highest BCUT2D eigenvalue weighted by Crippen LogP contribution is 2.41. The summed E-state index contributed by atoms with van der Waals surface area (Å²) in [4.78, 5) is 7.16. The highest BCUT2D eigenvalue weighted by Gasteiger charge is 2.61. The fourth-order valence-electron chi connectivity index (χ4n) is 2.11. The number of thiophene rings is 1. The van der Waals surface area contributed by atoms with Gasteiger partial charge in [0.2, 0.25) is 5.95 Å². The summed E-state index contributed by atoms with van der Waals surface area (Å²) in [6.07, 6.45) is -10.3. The third-order valence-electron chi connectivity index (χ3n) is 3.35. The number of hydrogen-bond donors (Lipinski definition) is 1. The van der Waals surface area contributed by atoms with Crippen LogP contribution < -0.4 is 5.01 Å². The molecule has 0 bridgehead atoms. The van der Waals surface area contributed by atoms with Crippen LogP contribution in [-0.2, 0) is 6.18 Å². The van der Waals surface area contributed by atoms with Gasteiger partial charge in [0.15, 0.2) is 5.69 Å². The second kappa shape index (κ2) is 5.66. The number of hydrazone groups is 1. The second-order valence-electron chi connectivity index (χ2n) is 5.04. The Morgan fingerprint density at radius 2 is 1.88 bits per heavy atom. The SMILES string of the molecule is O[C@]1(C(F)(F)F)CC=NN1c1nc(-c2cccs2)cc(C(F)(F)F)n1. The lowest BCUT2D eigenvalue weighted by atomic mass is 10.1. The first kappa shape index (κ1) is 17.6. The molecule has 25 heavy (non-hydrogen) atoms. The Labute approximate surface area is 140 Å². The summed E-state index contributed by atoms with van der Waals surface area (Å²) < 4.78 is 78.6. The Hall–Kier alpha value is -2.21. The molecule has 0 spiro atoms. The van der Waals surface area contributed by atoms with Gasteiger partial charge in [-0.15, -0.1) is 11.3 Å². The van der Waals surface area contributed by atoms with Gasteiger partial charge in [-0.2, -0.15) is 36.5 Å². The molecule has 1 atom stereocenters. The van der Waals surface area contributed by atoms with Crippen molar-refractivity contribution in [2.75, 3.05) is 5.01 Å². The third kappa shape index (κ3) is 3.06. The average molecular weight is 382 g/mol. The Morgan fingerprint density at radius 1 is 1.16 bits per heavy atom. The van der Waals surface area contributed by atoms with E-state index in [0.29, 0.717) is 10.9 Å². The number of nitrogens with zero attached hydrogens (tertiary/aromatic N) is 4. The zero-order chi connectivity index (χ0) is 18.5.